The van der Waals surface area contributed by atoms with Gasteiger partial charge in [-0.3, -0.25) is 4.68 Å². The summed E-state index contributed by atoms with van der Waals surface area (Å²) in [5.41, 5.74) is 7.76. The highest BCUT2D eigenvalue weighted by Gasteiger charge is 2.26. The van der Waals surface area contributed by atoms with Crippen LogP contribution in [0.3, 0.4) is 0 Å². The number of halogens is 1. The van der Waals surface area contributed by atoms with Crippen LogP contribution >= 0.6 is 15.9 Å². The molecule has 108 valence electrons. The molecule has 1 aromatic rings. The minimum atomic E-state index is 0.109. The molecule has 1 aliphatic carbocycles. The van der Waals surface area contributed by atoms with E-state index in [2.05, 4.69) is 39.6 Å². The van der Waals surface area contributed by atoms with E-state index in [9.17, 15) is 0 Å². The van der Waals surface area contributed by atoms with Crippen LogP contribution in [0.25, 0.3) is 0 Å². The average molecular weight is 328 g/mol. The zero-order valence-corrected chi connectivity index (χ0v) is 13.7. The summed E-state index contributed by atoms with van der Waals surface area (Å²) in [7, 11) is 0. The fourth-order valence-electron chi connectivity index (χ4n) is 3.14. The van der Waals surface area contributed by atoms with Gasteiger partial charge in [-0.1, -0.05) is 32.1 Å². The molecule has 1 saturated carbocycles. The Morgan fingerprint density at radius 2 is 1.79 bits per heavy atom. The second-order valence-electron chi connectivity index (χ2n) is 6.05. The molecule has 4 heteroatoms. The van der Waals surface area contributed by atoms with Gasteiger partial charge in [0.15, 0.2) is 0 Å². The van der Waals surface area contributed by atoms with Crippen LogP contribution in [0.15, 0.2) is 10.7 Å². The van der Waals surface area contributed by atoms with Gasteiger partial charge in [-0.15, -0.1) is 0 Å². The largest absolute Gasteiger partial charge is 0.322 e. The van der Waals surface area contributed by atoms with Gasteiger partial charge in [0.25, 0.3) is 0 Å². The molecule has 0 radical (unpaired) electrons. The fraction of sp³-hybridized carbons (Fsp3) is 0.800. The normalized spacial score (nSPS) is 20.3. The lowest BCUT2D eigenvalue weighted by Gasteiger charge is -2.27. The van der Waals surface area contributed by atoms with Crippen molar-refractivity contribution in [3.05, 3.63) is 16.4 Å². The molecule has 0 amide bonds. The second-order valence-corrected chi connectivity index (χ2v) is 6.90. The van der Waals surface area contributed by atoms with Gasteiger partial charge in [0.2, 0.25) is 0 Å². The highest BCUT2D eigenvalue weighted by atomic mass is 79.9. The molecule has 0 spiro atoms. The summed E-state index contributed by atoms with van der Waals surface area (Å²) >= 11 is 3.62. The predicted octanol–water partition coefficient (Wildman–Crippen LogP) is 4.59. The highest BCUT2D eigenvalue weighted by Crippen LogP contribution is 2.35. The molecule has 19 heavy (non-hydrogen) atoms. The van der Waals surface area contributed by atoms with Gasteiger partial charge < -0.3 is 5.73 Å². The van der Waals surface area contributed by atoms with Crippen molar-refractivity contribution in [3.8, 4) is 0 Å². The van der Waals surface area contributed by atoms with Gasteiger partial charge in [-0.25, -0.2) is 0 Å². The van der Waals surface area contributed by atoms with Crippen molar-refractivity contribution in [1.82, 2.24) is 9.78 Å². The Hall–Kier alpha value is -0.350. The molecule has 2 rings (SSSR count). The third kappa shape index (κ3) is 3.60. The van der Waals surface area contributed by atoms with Crippen molar-refractivity contribution in [2.75, 3.05) is 0 Å². The monoisotopic (exact) mass is 327 g/mol. The number of nitrogens with zero attached hydrogens (tertiary/aromatic N) is 2. The van der Waals surface area contributed by atoms with E-state index in [-0.39, 0.29) is 6.04 Å². The van der Waals surface area contributed by atoms with Gasteiger partial charge in [0.05, 0.1) is 22.4 Å². The molecule has 1 aromatic heterocycles. The molecular formula is C15H26BrN3. The van der Waals surface area contributed by atoms with Crippen LogP contribution in [0.2, 0.25) is 0 Å². The SMILES string of the molecule is CC(C)n1ncc(Br)c1C(N)C1CCCCCCC1. The first-order valence-corrected chi connectivity index (χ1v) is 8.39. The maximum absolute atomic E-state index is 6.58. The van der Waals surface area contributed by atoms with Crippen molar-refractivity contribution < 1.29 is 0 Å². The first-order chi connectivity index (χ1) is 9.11. The lowest BCUT2D eigenvalue weighted by atomic mass is 9.85. The Kier molecular flexibility index (Phi) is 5.46. The molecule has 0 aromatic carbocycles. The van der Waals surface area contributed by atoms with Gasteiger partial charge in [-0.05, 0) is 48.5 Å². The van der Waals surface area contributed by atoms with Crippen LogP contribution in [0.4, 0.5) is 0 Å². The van der Waals surface area contributed by atoms with Crippen LogP contribution in [0, 0.1) is 5.92 Å². The molecule has 0 saturated heterocycles. The van der Waals surface area contributed by atoms with Crippen LogP contribution in [-0.2, 0) is 0 Å². The molecule has 2 N–H and O–H groups in total. The molecular weight excluding hydrogens is 302 g/mol. The van der Waals surface area contributed by atoms with Crippen molar-refractivity contribution >= 4 is 15.9 Å². The predicted molar refractivity (Wildman–Crippen MR) is 83.0 cm³/mol. The van der Waals surface area contributed by atoms with E-state index >= 15 is 0 Å². The Labute approximate surface area is 125 Å². The van der Waals surface area contributed by atoms with Crippen molar-refractivity contribution in [1.29, 1.82) is 0 Å². The van der Waals surface area contributed by atoms with Crippen LogP contribution in [-0.4, -0.2) is 9.78 Å². The summed E-state index contributed by atoms with van der Waals surface area (Å²) in [6.07, 6.45) is 11.2. The van der Waals surface area contributed by atoms with Crippen molar-refractivity contribution in [3.63, 3.8) is 0 Å². The Bertz CT molecular complexity index is 392. The Balaban J connectivity index is 2.17. The van der Waals surface area contributed by atoms with Crippen LogP contribution in [0.5, 0.6) is 0 Å². The maximum Gasteiger partial charge on any atom is 0.0699 e. The van der Waals surface area contributed by atoms with E-state index in [0.717, 1.165) is 4.47 Å². The third-order valence-electron chi connectivity index (χ3n) is 4.25. The molecule has 0 bridgehead atoms. The average Bonchev–Trinajstić information content (AvgIpc) is 2.70. The van der Waals surface area contributed by atoms with E-state index in [1.807, 2.05) is 6.20 Å². The Morgan fingerprint density at radius 3 is 2.37 bits per heavy atom. The topological polar surface area (TPSA) is 43.8 Å². The summed E-state index contributed by atoms with van der Waals surface area (Å²) in [5, 5.41) is 4.46. The zero-order chi connectivity index (χ0) is 13.8. The fourth-order valence-corrected chi connectivity index (χ4v) is 3.68. The van der Waals surface area contributed by atoms with Gasteiger partial charge in [0, 0.05) is 6.04 Å². The first-order valence-electron chi connectivity index (χ1n) is 7.59. The van der Waals surface area contributed by atoms with Crippen molar-refractivity contribution in [2.45, 2.75) is 70.9 Å². The molecule has 1 unspecified atom stereocenters. The van der Waals surface area contributed by atoms with E-state index in [1.54, 1.807) is 0 Å². The van der Waals surface area contributed by atoms with Gasteiger partial charge in [-0.2, -0.15) is 5.10 Å². The van der Waals surface area contributed by atoms with E-state index in [0.29, 0.717) is 12.0 Å². The molecule has 1 atom stereocenters. The molecule has 0 aliphatic heterocycles. The summed E-state index contributed by atoms with van der Waals surface area (Å²) in [5.74, 6) is 0.603. The minimum Gasteiger partial charge on any atom is -0.322 e. The van der Waals surface area contributed by atoms with E-state index in [1.165, 1.54) is 50.6 Å². The lowest BCUT2D eigenvalue weighted by molar-refractivity contribution is 0.311. The minimum absolute atomic E-state index is 0.109. The third-order valence-corrected chi connectivity index (χ3v) is 4.86. The number of nitrogens with two attached hydrogens (primary N) is 1. The van der Waals surface area contributed by atoms with E-state index < -0.39 is 0 Å². The van der Waals surface area contributed by atoms with Gasteiger partial charge in [0.1, 0.15) is 0 Å². The molecule has 1 fully saturated rings. The quantitative estimate of drug-likeness (QED) is 0.882. The standard InChI is InChI=1S/C15H26BrN3/c1-11(2)19-15(13(16)10-18-19)14(17)12-8-6-4-3-5-7-9-12/h10-12,14H,3-9,17H2,1-2H3. The number of hydrogen-bond donors (Lipinski definition) is 1. The molecule has 1 aliphatic rings. The summed E-state index contributed by atoms with van der Waals surface area (Å²) in [6, 6.07) is 0.471. The summed E-state index contributed by atoms with van der Waals surface area (Å²) < 4.78 is 3.14. The van der Waals surface area contributed by atoms with E-state index in [4.69, 9.17) is 5.73 Å². The van der Waals surface area contributed by atoms with Crippen LogP contribution in [0.1, 0.15) is 76.6 Å². The number of hydrogen-bond acceptors (Lipinski definition) is 2. The summed E-state index contributed by atoms with van der Waals surface area (Å²) in [4.78, 5) is 0. The maximum atomic E-state index is 6.58. The lowest BCUT2D eigenvalue weighted by Crippen LogP contribution is -2.26. The number of aromatic nitrogens is 2. The first kappa shape index (κ1) is 15.0. The number of rotatable bonds is 3. The highest BCUT2D eigenvalue weighted by molar-refractivity contribution is 9.10. The second kappa shape index (κ2) is 6.89. The Morgan fingerprint density at radius 1 is 1.21 bits per heavy atom. The summed E-state index contributed by atoms with van der Waals surface area (Å²) in [6.45, 7) is 4.32. The molecule has 1 heterocycles. The zero-order valence-electron chi connectivity index (χ0n) is 12.1. The van der Waals surface area contributed by atoms with Crippen LogP contribution < -0.4 is 5.73 Å². The van der Waals surface area contributed by atoms with Crippen molar-refractivity contribution in [2.24, 2.45) is 11.7 Å². The smallest absolute Gasteiger partial charge is 0.0699 e. The molecule has 3 nitrogen and oxygen atoms in total. The van der Waals surface area contributed by atoms with Gasteiger partial charge >= 0.3 is 0 Å².